The zero-order valence-electron chi connectivity index (χ0n) is 29.5. The van der Waals surface area contributed by atoms with Gasteiger partial charge < -0.3 is 4.90 Å². The highest BCUT2D eigenvalue weighted by Crippen LogP contribution is 2.50. The molecule has 0 aliphatic heterocycles. The maximum atomic E-state index is 2.40. The molecule has 1 aliphatic rings. The summed E-state index contributed by atoms with van der Waals surface area (Å²) in [7, 11) is 0. The smallest absolute Gasteiger partial charge is 0.0468 e. The maximum Gasteiger partial charge on any atom is 0.0468 e. The molecule has 0 radical (unpaired) electrons. The molecular formula is C51H39N. The van der Waals surface area contributed by atoms with Crippen LogP contribution in [0.1, 0.15) is 25.0 Å². The number of nitrogens with zero attached hydrogens (tertiary/aromatic N) is 1. The summed E-state index contributed by atoms with van der Waals surface area (Å²) in [4.78, 5) is 2.38. The van der Waals surface area contributed by atoms with Crippen LogP contribution in [0.15, 0.2) is 200 Å². The summed E-state index contributed by atoms with van der Waals surface area (Å²) in [6.45, 7) is 4.69. The molecule has 0 saturated carbocycles. The Morgan fingerprint density at radius 2 is 0.712 bits per heavy atom. The lowest BCUT2D eigenvalue weighted by atomic mass is 9.81. The lowest BCUT2D eigenvalue weighted by Gasteiger charge is -2.27. The van der Waals surface area contributed by atoms with Gasteiger partial charge in [0.2, 0.25) is 0 Å². The first-order valence-electron chi connectivity index (χ1n) is 18.1. The van der Waals surface area contributed by atoms with Gasteiger partial charge in [0.25, 0.3) is 0 Å². The third-order valence-electron chi connectivity index (χ3n) is 10.7. The van der Waals surface area contributed by atoms with E-state index in [-0.39, 0.29) is 5.41 Å². The van der Waals surface area contributed by atoms with Gasteiger partial charge in [-0.15, -0.1) is 0 Å². The SMILES string of the molecule is CC1(C)c2ccccc2-c2ccc(-c3ccc(N(c4ccc(-c5ccccc5)cc4)c4ccc(-c5ccccc5)c(-c5ccccc5)c4)cc3)cc21. The van der Waals surface area contributed by atoms with E-state index in [1.807, 2.05) is 0 Å². The standard InChI is InChI=1S/C51H39N/c1-51(2)49-21-13-12-20-46(49)47-32-26-41(34-50(47)51)38-24-29-43(30-25-38)52(42-27-22-37(23-28-42)36-14-6-3-7-15-36)44-31-33-45(39-16-8-4-9-17-39)48(35-44)40-18-10-5-11-19-40/h3-35H,1-2H3. The predicted octanol–water partition coefficient (Wildman–Crippen LogP) is 14.1. The molecule has 0 spiro atoms. The molecule has 1 aliphatic carbocycles. The largest absolute Gasteiger partial charge is 0.310 e. The van der Waals surface area contributed by atoms with E-state index < -0.39 is 0 Å². The summed E-state index contributed by atoms with van der Waals surface area (Å²) in [5, 5.41) is 0. The third kappa shape index (κ3) is 5.61. The van der Waals surface area contributed by atoms with Crippen LogP contribution in [-0.4, -0.2) is 0 Å². The Balaban J connectivity index is 1.14. The van der Waals surface area contributed by atoms with Gasteiger partial charge in [0.1, 0.15) is 0 Å². The molecule has 0 fully saturated rings. The van der Waals surface area contributed by atoms with Crippen LogP contribution in [-0.2, 0) is 5.41 Å². The molecule has 1 nitrogen and oxygen atoms in total. The van der Waals surface area contributed by atoms with Crippen LogP contribution in [0.4, 0.5) is 17.1 Å². The molecular weight excluding hydrogens is 627 g/mol. The van der Waals surface area contributed by atoms with Crippen LogP contribution < -0.4 is 4.90 Å². The van der Waals surface area contributed by atoms with Crippen molar-refractivity contribution < 1.29 is 0 Å². The van der Waals surface area contributed by atoms with Gasteiger partial charge in [0, 0.05) is 22.5 Å². The summed E-state index contributed by atoms with van der Waals surface area (Å²) in [5.74, 6) is 0. The molecule has 0 unspecified atom stereocenters. The van der Waals surface area contributed by atoms with Crippen LogP contribution in [0.2, 0.25) is 0 Å². The molecule has 0 atom stereocenters. The van der Waals surface area contributed by atoms with Crippen molar-refractivity contribution in [3.05, 3.63) is 211 Å². The number of benzene rings is 8. The Morgan fingerprint density at radius 3 is 1.33 bits per heavy atom. The fraction of sp³-hybridized carbons (Fsp3) is 0.0588. The number of anilines is 3. The Bertz CT molecular complexity index is 2500. The van der Waals surface area contributed by atoms with Crippen LogP contribution in [0, 0.1) is 0 Å². The Morgan fingerprint density at radius 1 is 0.288 bits per heavy atom. The average Bonchev–Trinajstić information content (AvgIpc) is 3.45. The number of fused-ring (bicyclic) bond motifs is 3. The molecule has 0 aromatic heterocycles. The highest BCUT2D eigenvalue weighted by molar-refractivity contribution is 5.90. The Kier molecular flexibility index (Phi) is 7.90. The highest BCUT2D eigenvalue weighted by Gasteiger charge is 2.35. The van der Waals surface area contributed by atoms with E-state index in [0.717, 1.165) is 17.1 Å². The zero-order chi connectivity index (χ0) is 35.1. The van der Waals surface area contributed by atoms with Crippen molar-refractivity contribution in [2.45, 2.75) is 19.3 Å². The second-order valence-corrected chi connectivity index (χ2v) is 14.2. The first-order valence-corrected chi connectivity index (χ1v) is 18.1. The van der Waals surface area contributed by atoms with Crippen LogP contribution >= 0.6 is 0 Å². The van der Waals surface area contributed by atoms with E-state index in [0.29, 0.717) is 0 Å². The molecule has 52 heavy (non-hydrogen) atoms. The Hall–Kier alpha value is -6.44. The van der Waals surface area contributed by atoms with Crippen LogP contribution in [0.25, 0.3) is 55.6 Å². The predicted molar refractivity (Wildman–Crippen MR) is 220 cm³/mol. The van der Waals surface area contributed by atoms with E-state index in [1.54, 1.807) is 0 Å². The van der Waals surface area contributed by atoms with Gasteiger partial charge in [-0.1, -0.05) is 172 Å². The fourth-order valence-electron chi connectivity index (χ4n) is 7.96. The van der Waals surface area contributed by atoms with Gasteiger partial charge in [-0.25, -0.2) is 0 Å². The van der Waals surface area contributed by atoms with E-state index in [9.17, 15) is 0 Å². The molecule has 0 N–H and O–H groups in total. The number of hydrogen-bond acceptors (Lipinski definition) is 1. The zero-order valence-corrected chi connectivity index (χ0v) is 29.5. The Labute approximate surface area is 307 Å². The van der Waals surface area contributed by atoms with Gasteiger partial charge in [0.05, 0.1) is 0 Å². The average molecular weight is 666 g/mol. The van der Waals surface area contributed by atoms with Crippen molar-refractivity contribution in [2.24, 2.45) is 0 Å². The number of rotatable bonds is 7. The van der Waals surface area contributed by atoms with Gasteiger partial charge >= 0.3 is 0 Å². The molecule has 0 amide bonds. The molecule has 1 heteroatoms. The van der Waals surface area contributed by atoms with Crippen molar-refractivity contribution in [1.29, 1.82) is 0 Å². The first kappa shape index (κ1) is 31.5. The molecule has 0 bridgehead atoms. The fourth-order valence-corrected chi connectivity index (χ4v) is 7.96. The minimum atomic E-state index is -0.0348. The van der Waals surface area contributed by atoms with Crippen LogP contribution in [0.5, 0.6) is 0 Å². The number of hydrogen-bond donors (Lipinski definition) is 0. The lowest BCUT2D eigenvalue weighted by molar-refractivity contribution is 0.660. The third-order valence-corrected chi connectivity index (χ3v) is 10.7. The van der Waals surface area contributed by atoms with Crippen molar-refractivity contribution >= 4 is 17.1 Å². The minimum Gasteiger partial charge on any atom is -0.310 e. The van der Waals surface area contributed by atoms with Crippen molar-refractivity contribution in [3.8, 4) is 55.6 Å². The first-order chi connectivity index (χ1) is 25.5. The van der Waals surface area contributed by atoms with Gasteiger partial charge in [-0.2, -0.15) is 0 Å². The lowest BCUT2D eigenvalue weighted by Crippen LogP contribution is -2.14. The second-order valence-electron chi connectivity index (χ2n) is 14.2. The van der Waals surface area contributed by atoms with Crippen LogP contribution in [0.3, 0.4) is 0 Å². The van der Waals surface area contributed by atoms with Crippen molar-refractivity contribution in [2.75, 3.05) is 4.90 Å². The molecule has 8 aromatic carbocycles. The monoisotopic (exact) mass is 665 g/mol. The summed E-state index contributed by atoms with van der Waals surface area (Å²) >= 11 is 0. The van der Waals surface area contributed by atoms with E-state index >= 15 is 0 Å². The highest BCUT2D eigenvalue weighted by atomic mass is 15.1. The minimum absolute atomic E-state index is 0.0348. The van der Waals surface area contributed by atoms with E-state index in [2.05, 4.69) is 219 Å². The molecule has 0 saturated heterocycles. The second kappa shape index (κ2) is 13.0. The summed E-state index contributed by atoms with van der Waals surface area (Å²) in [5.41, 5.74) is 18.5. The van der Waals surface area contributed by atoms with Crippen molar-refractivity contribution in [3.63, 3.8) is 0 Å². The van der Waals surface area contributed by atoms with E-state index in [1.165, 1.54) is 66.8 Å². The quantitative estimate of drug-likeness (QED) is 0.164. The summed E-state index contributed by atoms with van der Waals surface area (Å²) < 4.78 is 0. The molecule has 248 valence electrons. The maximum absolute atomic E-state index is 2.40. The molecule has 9 rings (SSSR count). The summed E-state index contributed by atoms with van der Waals surface area (Å²) in [6, 6.07) is 72.7. The normalized spacial score (nSPS) is 12.6. The summed E-state index contributed by atoms with van der Waals surface area (Å²) in [6.07, 6.45) is 0. The molecule has 0 heterocycles. The van der Waals surface area contributed by atoms with Gasteiger partial charge in [0.15, 0.2) is 0 Å². The van der Waals surface area contributed by atoms with Gasteiger partial charge in [-0.05, 0) is 109 Å². The van der Waals surface area contributed by atoms with E-state index in [4.69, 9.17) is 0 Å². The topological polar surface area (TPSA) is 3.24 Å². The molecule has 8 aromatic rings. The van der Waals surface area contributed by atoms with Gasteiger partial charge in [-0.3, -0.25) is 0 Å². The van der Waals surface area contributed by atoms with Crippen molar-refractivity contribution in [1.82, 2.24) is 0 Å².